The Morgan fingerprint density at radius 3 is 2.88 bits per heavy atom. The summed E-state index contributed by atoms with van der Waals surface area (Å²) in [7, 11) is 0. The highest BCUT2D eigenvalue weighted by molar-refractivity contribution is 5.91. The first kappa shape index (κ1) is 19.7. The number of fused-ring (bicyclic) bond motifs is 2. The lowest BCUT2D eigenvalue weighted by Crippen LogP contribution is -2.29. The molecule has 2 aromatic heterocycles. The van der Waals surface area contributed by atoms with Gasteiger partial charge in [0.2, 0.25) is 5.82 Å². The fourth-order valence-electron chi connectivity index (χ4n) is 5.74. The first-order chi connectivity index (χ1) is 15.5. The first-order valence-corrected chi connectivity index (χ1v) is 11.7. The average Bonchev–Trinajstić information content (AvgIpc) is 3.13. The van der Waals surface area contributed by atoms with Gasteiger partial charge in [-0.2, -0.15) is 0 Å². The fraction of sp³-hybridized carbons (Fsp3) is 0.480. The van der Waals surface area contributed by atoms with Gasteiger partial charge in [0.15, 0.2) is 5.65 Å². The molecule has 3 unspecified atom stereocenters. The van der Waals surface area contributed by atoms with E-state index in [2.05, 4.69) is 68.9 Å². The topological polar surface area (TPSA) is 74.6 Å². The van der Waals surface area contributed by atoms with Crippen molar-refractivity contribution in [2.75, 3.05) is 31.1 Å². The van der Waals surface area contributed by atoms with Crippen molar-refractivity contribution in [1.29, 1.82) is 0 Å². The number of piperidine rings is 1. The summed E-state index contributed by atoms with van der Waals surface area (Å²) in [6.45, 7) is 8.38. The molecule has 3 fully saturated rings. The van der Waals surface area contributed by atoms with Crippen molar-refractivity contribution in [3.63, 3.8) is 0 Å². The van der Waals surface area contributed by atoms with Gasteiger partial charge in [-0.05, 0) is 55.3 Å². The number of hydrogen-bond donors (Lipinski definition) is 2. The Morgan fingerprint density at radius 2 is 2.09 bits per heavy atom. The van der Waals surface area contributed by atoms with Crippen molar-refractivity contribution in [2.24, 2.45) is 11.8 Å². The number of hydrogen-bond acceptors (Lipinski definition) is 5. The maximum atomic E-state index is 12.8. The van der Waals surface area contributed by atoms with Crippen LogP contribution < -0.4 is 15.5 Å². The van der Waals surface area contributed by atoms with E-state index in [1.165, 1.54) is 5.56 Å². The van der Waals surface area contributed by atoms with E-state index in [0.717, 1.165) is 55.9 Å². The number of nitrogens with one attached hydrogen (secondary N) is 2. The molecule has 32 heavy (non-hydrogen) atoms. The van der Waals surface area contributed by atoms with Gasteiger partial charge in [0.05, 0.1) is 11.9 Å². The van der Waals surface area contributed by atoms with E-state index < -0.39 is 0 Å². The number of aryl methyl sites for hydroxylation is 1. The Labute approximate surface area is 188 Å². The third-order valence-corrected chi connectivity index (χ3v) is 7.78. The molecule has 7 heteroatoms. The summed E-state index contributed by atoms with van der Waals surface area (Å²) in [6, 6.07) is 13.2. The molecule has 0 spiro atoms. The van der Waals surface area contributed by atoms with Crippen LogP contribution in [0.5, 0.6) is 0 Å². The van der Waals surface area contributed by atoms with E-state index in [1.807, 2.05) is 13.1 Å². The summed E-state index contributed by atoms with van der Waals surface area (Å²) in [6.07, 6.45) is 4.26. The van der Waals surface area contributed by atoms with E-state index in [9.17, 15) is 4.79 Å². The van der Waals surface area contributed by atoms with Crippen molar-refractivity contribution < 1.29 is 4.79 Å². The van der Waals surface area contributed by atoms with Crippen LogP contribution in [0.25, 0.3) is 5.65 Å². The zero-order valence-electron chi connectivity index (χ0n) is 18.7. The molecule has 4 atom stereocenters. The van der Waals surface area contributed by atoms with Crippen LogP contribution in [-0.4, -0.2) is 52.7 Å². The minimum absolute atomic E-state index is 0.132. The van der Waals surface area contributed by atoms with Crippen molar-refractivity contribution in [3.05, 3.63) is 59.5 Å². The average molecular weight is 431 g/mol. The van der Waals surface area contributed by atoms with E-state index in [-0.39, 0.29) is 23.2 Å². The second kappa shape index (κ2) is 7.30. The van der Waals surface area contributed by atoms with Crippen LogP contribution in [0.2, 0.25) is 0 Å². The van der Waals surface area contributed by atoms with E-state index in [0.29, 0.717) is 11.8 Å². The molecule has 7 nitrogen and oxygen atoms in total. The lowest BCUT2D eigenvalue weighted by molar-refractivity contribution is 0.0937. The molecule has 1 aromatic carbocycles. The molecule has 2 aliphatic heterocycles. The molecule has 3 aliphatic rings. The number of amides is 1. The van der Waals surface area contributed by atoms with Crippen LogP contribution in [-0.2, 0) is 5.41 Å². The molecule has 1 amide bonds. The van der Waals surface area contributed by atoms with Gasteiger partial charge in [-0.3, -0.25) is 4.79 Å². The second-order valence-electron chi connectivity index (χ2n) is 10.0. The molecule has 166 valence electrons. The third-order valence-electron chi connectivity index (χ3n) is 7.78. The van der Waals surface area contributed by atoms with Gasteiger partial charge >= 0.3 is 0 Å². The molecule has 2 N–H and O–H groups in total. The number of nitrogens with zero attached hydrogens (tertiary/aromatic N) is 4. The number of carbonyl (C=O) groups excluding carboxylic acids is 1. The van der Waals surface area contributed by atoms with Crippen LogP contribution in [0.1, 0.15) is 41.5 Å². The summed E-state index contributed by atoms with van der Waals surface area (Å²) in [5.74, 6) is 1.27. The van der Waals surface area contributed by atoms with Gasteiger partial charge in [0, 0.05) is 31.1 Å². The zero-order valence-corrected chi connectivity index (χ0v) is 18.7. The van der Waals surface area contributed by atoms with E-state index >= 15 is 0 Å². The monoisotopic (exact) mass is 430 g/mol. The minimum Gasteiger partial charge on any atom is -0.369 e. The summed E-state index contributed by atoms with van der Waals surface area (Å²) in [5.41, 5.74) is 4.43. The van der Waals surface area contributed by atoms with Gasteiger partial charge < -0.3 is 15.5 Å². The molecule has 2 saturated heterocycles. The maximum Gasteiger partial charge on any atom is 0.291 e. The van der Waals surface area contributed by atoms with Crippen molar-refractivity contribution in [2.45, 2.75) is 38.1 Å². The Kier molecular flexibility index (Phi) is 4.50. The van der Waals surface area contributed by atoms with Gasteiger partial charge in [-0.25, -0.2) is 9.50 Å². The largest absolute Gasteiger partial charge is 0.369 e. The second-order valence-corrected chi connectivity index (χ2v) is 10.0. The predicted molar refractivity (Wildman–Crippen MR) is 124 cm³/mol. The highest BCUT2D eigenvalue weighted by atomic mass is 16.2. The summed E-state index contributed by atoms with van der Waals surface area (Å²) >= 11 is 0. The predicted octanol–water partition coefficient (Wildman–Crippen LogP) is 2.54. The Bertz CT molecular complexity index is 1160. The van der Waals surface area contributed by atoms with Gasteiger partial charge in [0.25, 0.3) is 5.91 Å². The number of anilines is 1. The summed E-state index contributed by atoms with van der Waals surface area (Å²) in [4.78, 5) is 19.8. The number of benzene rings is 1. The normalized spacial score (nSPS) is 29.2. The molecule has 1 saturated carbocycles. The van der Waals surface area contributed by atoms with Gasteiger partial charge in [-0.1, -0.05) is 37.3 Å². The highest BCUT2D eigenvalue weighted by Gasteiger charge is 2.51. The maximum absolute atomic E-state index is 12.8. The van der Waals surface area contributed by atoms with E-state index in [4.69, 9.17) is 0 Å². The molecule has 4 heterocycles. The third kappa shape index (κ3) is 3.26. The van der Waals surface area contributed by atoms with Gasteiger partial charge in [0.1, 0.15) is 0 Å². The van der Waals surface area contributed by atoms with E-state index in [1.54, 1.807) is 4.52 Å². The zero-order chi connectivity index (χ0) is 21.9. The number of aromatic nitrogens is 3. The van der Waals surface area contributed by atoms with Crippen LogP contribution in [0.3, 0.4) is 0 Å². The molecule has 6 rings (SSSR count). The molecule has 0 bridgehead atoms. The molecular formula is C25H30N6O. The quantitative estimate of drug-likeness (QED) is 0.665. The number of rotatable bonds is 4. The lowest BCUT2D eigenvalue weighted by Gasteiger charge is -2.26. The van der Waals surface area contributed by atoms with Crippen LogP contribution in [0.4, 0.5) is 5.69 Å². The molecular weight excluding hydrogens is 400 g/mol. The first-order valence-electron chi connectivity index (χ1n) is 11.7. The smallest absolute Gasteiger partial charge is 0.291 e. The van der Waals surface area contributed by atoms with Crippen LogP contribution in [0, 0.1) is 18.8 Å². The van der Waals surface area contributed by atoms with Crippen molar-refractivity contribution in [3.8, 4) is 0 Å². The molecule has 3 aromatic rings. The standard InChI is InChI=1S/C25H30N6O/c1-16-12-18(30-11-9-25(2,15-30)17-6-4-3-5-7-17)14-31-23(16)28-22(29-31)24(32)27-21-19-8-10-26-13-20(19)21/h3-7,12,14,19-21,26H,8-11,13,15H2,1-2H3,(H,27,32)/t19?,20?,21?,25-/m0/s1. The number of pyridine rings is 1. The van der Waals surface area contributed by atoms with Crippen LogP contribution >= 0.6 is 0 Å². The molecule has 0 radical (unpaired) electrons. The lowest BCUT2D eigenvalue weighted by atomic mass is 9.82. The SMILES string of the molecule is Cc1cc(N2CC[C@](C)(c3ccccc3)C2)cn2nc(C(=O)NC3C4CCNCC43)nc12. The fourth-order valence-corrected chi connectivity index (χ4v) is 5.74. The van der Waals surface area contributed by atoms with Crippen molar-refractivity contribution >= 4 is 17.2 Å². The summed E-state index contributed by atoms with van der Waals surface area (Å²) in [5, 5.41) is 11.1. The van der Waals surface area contributed by atoms with Crippen LogP contribution in [0.15, 0.2) is 42.6 Å². The number of carbonyl (C=O) groups is 1. The van der Waals surface area contributed by atoms with Crippen molar-refractivity contribution in [1.82, 2.24) is 25.2 Å². The Morgan fingerprint density at radius 1 is 1.25 bits per heavy atom. The molecule has 1 aliphatic carbocycles. The Hall–Kier alpha value is -2.93. The summed E-state index contributed by atoms with van der Waals surface area (Å²) < 4.78 is 1.78. The van der Waals surface area contributed by atoms with Gasteiger partial charge in [-0.15, -0.1) is 5.10 Å². The highest BCUT2D eigenvalue weighted by Crippen LogP contribution is 2.43. The minimum atomic E-state index is -0.160. The Balaban J connectivity index is 1.22.